The predicted molar refractivity (Wildman–Crippen MR) is 89.5 cm³/mol. The van der Waals surface area contributed by atoms with Crippen LogP contribution in [-0.2, 0) is 11.3 Å². The van der Waals surface area contributed by atoms with Gasteiger partial charge in [0.15, 0.2) is 0 Å². The lowest BCUT2D eigenvalue weighted by molar-refractivity contribution is -0.133. The first-order chi connectivity index (χ1) is 10.5. The summed E-state index contributed by atoms with van der Waals surface area (Å²) in [6, 6.07) is 3.82. The highest BCUT2D eigenvalue weighted by Crippen LogP contribution is 2.33. The summed E-state index contributed by atoms with van der Waals surface area (Å²) >= 11 is 5.12. The molecule has 3 amide bonds. The number of carbonyl (C=O) groups is 2. The van der Waals surface area contributed by atoms with Crippen molar-refractivity contribution in [1.82, 2.24) is 15.1 Å². The molecule has 5 nitrogen and oxygen atoms in total. The largest absolute Gasteiger partial charge is 0.326 e. The van der Waals surface area contributed by atoms with Crippen LogP contribution in [-0.4, -0.2) is 41.0 Å². The summed E-state index contributed by atoms with van der Waals surface area (Å²) in [6.45, 7) is 1.06. The number of hydrogen-bond acceptors (Lipinski definition) is 4. The molecule has 1 saturated carbocycles. The molecule has 3 rings (SSSR count). The minimum Gasteiger partial charge on any atom is -0.323 e. The van der Waals surface area contributed by atoms with Crippen LogP contribution in [0.1, 0.15) is 37.0 Å². The van der Waals surface area contributed by atoms with Crippen molar-refractivity contribution in [3.8, 4) is 0 Å². The van der Waals surface area contributed by atoms with Gasteiger partial charge in [0.1, 0.15) is 5.54 Å². The van der Waals surface area contributed by atoms with E-state index in [1.54, 1.807) is 11.3 Å². The van der Waals surface area contributed by atoms with E-state index in [9.17, 15) is 9.59 Å². The van der Waals surface area contributed by atoms with Crippen LogP contribution in [0.4, 0.5) is 4.79 Å². The van der Waals surface area contributed by atoms with Crippen molar-refractivity contribution in [2.45, 2.75) is 44.2 Å². The maximum Gasteiger partial charge on any atom is 0.326 e. The zero-order chi connectivity index (χ0) is 15.7. The van der Waals surface area contributed by atoms with Crippen molar-refractivity contribution in [1.29, 1.82) is 0 Å². The minimum atomic E-state index is -0.623. The molecule has 7 heteroatoms. The van der Waals surface area contributed by atoms with E-state index in [1.807, 2.05) is 18.0 Å². The maximum atomic E-state index is 12.7. The summed E-state index contributed by atoms with van der Waals surface area (Å²) in [5.41, 5.74) is -0.623. The Morgan fingerprint density at radius 2 is 2.05 bits per heavy atom. The van der Waals surface area contributed by atoms with Crippen molar-refractivity contribution >= 4 is 39.2 Å². The highest BCUT2D eigenvalue weighted by Gasteiger charge is 2.51. The Morgan fingerprint density at radius 1 is 1.32 bits per heavy atom. The number of rotatable bonds is 4. The van der Waals surface area contributed by atoms with Gasteiger partial charge in [-0.2, -0.15) is 0 Å². The van der Waals surface area contributed by atoms with Gasteiger partial charge >= 0.3 is 6.03 Å². The summed E-state index contributed by atoms with van der Waals surface area (Å²) in [6.07, 6.45) is 4.72. The smallest absolute Gasteiger partial charge is 0.323 e. The fourth-order valence-corrected chi connectivity index (χ4v) is 4.86. The Kier molecular flexibility index (Phi) is 4.56. The lowest BCUT2D eigenvalue weighted by atomic mass is 9.82. The van der Waals surface area contributed by atoms with Gasteiger partial charge in [-0.05, 0) is 48.0 Å². The fourth-order valence-electron chi connectivity index (χ4n) is 3.29. The molecule has 0 aromatic carbocycles. The summed E-state index contributed by atoms with van der Waals surface area (Å²) in [5, 5.41) is 2.95. The van der Waals surface area contributed by atoms with Crippen LogP contribution >= 0.6 is 27.3 Å². The highest BCUT2D eigenvalue weighted by atomic mass is 79.9. The van der Waals surface area contributed by atoms with E-state index in [4.69, 9.17) is 0 Å². The summed E-state index contributed by atoms with van der Waals surface area (Å²) in [5.74, 6) is -0.0450. The first kappa shape index (κ1) is 16.0. The van der Waals surface area contributed by atoms with Gasteiger partial charge < -0.3 is 5.32 Å². The number of amides is 3. The normalized spacial score (nSPS) is 21.0. The van der Waals surface area contributed by atoms with Crippen molar-refractivity contribution in [3.63, 3.8) is 0 Å². The van der Waals surface area contributed by atoms with Crippen LogP contribution in [0, 0.1) is 0 Å². The second-order valence-corrected chi connectivity index (χ2v) is 8.72. The number of nitrogens with one attached hydrogen (secondary N) is 1. The number of halogens is 1. The molecule has 1 aliphatic carbocycles. The van der Waals surface area contributed by atoms with E-state index in [-0.39, 0.29) is 11.9 Å². The first-order valence-corrected chi connectivity index (χ1v) is 9.18. The fraction of sp³-hybridized carbons (Fsp3) is 0.600. The van der Waals surface area contributed by atoms with Crippen LogP contribution in [0.2, 0.25) is 0 Å². The van der Waals surface area contributed by atoms with E-state index in [0.717, 1.165) is 42.4 Å². The number of carbonyl (C=O) groups excluding carboxylic acids is 2. The third-order valence-electron chi connectivity index (χ3n) is 4.39. The lowest BCUT2D eigenvalue weighted by Gasteiger charge is -2.30. The van der Waals surface area contributed by atoms with Crippen LogP contribution in [0.3, 0.4) is 0 Å². The quantitative estimate of drug-likeness (QED) is 0.809. The lowest BCUT2D eigenvalue weighted by Crippen LogP contribution is -2.48. The minimum absolute atomic E-state index is 0.0450. The molecular weight excluding hydrogens is 366 g/mol. The summed E-state index contributed by atoms with van der Waals surface area (Å²) in [4.78, 5) is 29.5. The van der Waals surface area contributed by atoms with Crippen LogP contribution < -0.4 is 5.32 Å². The molecule has 1 spiro atoms. The van der Waals surface area contributed by atoms with Crippen LogP contribution in [0.5, 0.6) is 0 Å². The molecule has 0 unspecified atom stereocenters. The number of urea groups is 1. The van der Waals surface area contributed by atoms with Crippen molar-refractivity contribution in [3.05, 3.63) is 20.8 Å². The average Bonchev–Trinajstić information content (AvgIpc) is 2.97. The number of imide groups is 1. The number of hydrogen-bond donors (Lipinski definition) is 1. The van der Waals surface area contributed by atoms with Gasteiger partial charge in [0.05, 0.1) is 10.5 Å². The van der Waals surface area contributed by atoms with E-state index in [0.29, 0.717) is 6.67 Å². The molecule has 1 aromatic heterocycles. The topological polar surface area (TPSA) is 52.6 Å². The second kappa shape index (κ2) is 6.29. The molecule has 120 valence electrons. The standard InChI is InChI=1S/C15H20BrN3O2S/c1-18(9-11-5-6-12(16)22-11)10-19-13(20)15(17-14(19)21)7-3-2-4-8-15/h5-6H,2-4,7-10H2,1H3,(H,17,21). The van der Waals surface area contributed by atoms with E-state index in [1.165, 1.54) is 9.78 Å². The van der Waals surface area contributed by atoms with Gasteiger partial charge in [0.25, 0.3) is 5.91 Å². The molecular formula is C15H20BrN3O2S. The Labute approximate surface area is 142 Å². The third kappa shape index (κ3) is 3.07. The van der Waals surface area contributed by atoms with Crippen molar-refractivity contribution < 1.29 is 9.59 Å². The van der Waals surface area contributed by atoms with Crippen molar-refractivity contribution in [2.24, 2.45) is 0 Å². The third-order valence-corrected chi connectivity index (χ3v) is 6.00. The molecule has 2 fully saturated rings. The monoisotopic (exact) mass is 385 g/mol. The Balaban J connectivity index is 1.64. The van der Waals surface area contributed by atoms with Gasteiger partial charge in [-0.15, -0.1) is 11.3 Å². The Bertz CT molecular complexity index is 583. The molecule has 0 atom stereocenters. The Hall–Kier alpha value is -0.920. The first-order valence-electron chi connectivity index (χ1n) is 7.57. The Morgan fingerprint density at radius 3 is 2.68 bits per heavy atom. The van der Waals surface area contributed by atoms with Crippen molar-refractivity contribution in [2.75, 3.05) is 13.7 Å². The van der Waals surface area contributed by atoms with Gasteiger partial charge in [0, 0.05) is 11.4 Å². The maximum absolute atomic E-state index is 12.7. The zero-order valence-electron chi connectivity index (χ0n) is 12.6. The number of nitrogens with zero attached hydrogens (tertiary/aromatic N) is 2. The molecule has 1 aromatic rings. The van der Waals surface area contributed by atoms with E-state index >= 15 is 0 Å². The summed E-state index contributed by atoms with van der Waals surface area (Å²) in [7, 11) is 1.93. The SMILES string of the molecule is CN(Cc1ccc(Br)s1)CN1C(=O)NC2(CCCCC2)C1=O. The molecule has 2 heterocycles. The van der Waals surface area contributed by atoms with Gasteiger partial charge in [-0.1, -0.05) is 19.3 Å². The number of thiophene rings is 1. The average molecular weight is 386 g/mol. The van der Waals surface area contributed by atoms with Gasteiger partial charge in [0.2, 0.25) is 0 Å². The van der Waals surface area contributed by atoms with Crippen LogP contribution in [0.15, 0.2) is 15.9 Å². The zero-order valence-corrected chi connectivity index (χ0v) is 15.0. The van der Waals surface area contributed by atoms with E-state index in [2.05, 4.69) is 27.3 Å². The molecule has 1 N–H and O–H groups in total. The van der Waals surface area contributed by atoms with Gasteiger partial charge in [-0.3, -0.25) is 9.69 Å². The highest BCUT2D eigenvalue weighted by molar-refractivity contribution is 9.11. The molecule has 22 heavy (non-hydrogen) atoms. The van der Waals surface area contributed by atoms with E-state index < -0.39 is 5.54 Å². The van der Waals surface area contributed by atoms with Gasteiger partial charge in [-0.25, -0.2) is 9.69 Å². The molecule has 2 aliphatic rings. The molecule has 1 saturated heterocycles. The summed E-state index contributed by atoms with van der Waals surface area (Å²) < 4.78 is 1.09. The molecule has 1 aliphatic heterocycles. The molecule has 0 radical (unpaired) electrons. The second-order valence-electron chi connectivity index (χ2n) is 6.17. The molecule has 0 bridgehead atoms. The van der Waals surface area contributed by atoms with Crippen LogP contribution in [0.25, 0.3) is 0 Å². The predicted octanol–water partition coefficient (Wildman–Crippen LogP) is 3.15.